The van der Waals surface area contributed by atoms with Gasteiger partial charge in [0, 0.05) is 0 Å². The predicted octanol–water partition coefficient (Wildman–Crippen LogP) is 3.40. The van der Waals surface area contributed by atoms with Crippen LogP contribution in [0.5, 0.6) is 0 Å². The van der Waals surface area contributed by atoms with E-state index in [2.05, 4.69) is 20.7 Å². The fourth-order valence-corrected chi connectivity index (χ4v) is 2.08. The standard InChI is InChI=1S/C10H12N4S/c1-3-11-14-13-8-4-5-10-9(6-8)12-7(2)15-10/h4-6H,3H2,1-2H3,(H,11,13). The van der Waals surface area contributed by atoms with E-state index in [4.69, 9.17) is 0 Å². The number of nitrogens with one attached hydrogen (secondary N) is 1. The average molecular weight is 220 g/mol. The lowest BCUT2D eigenvalue weighted by Crippen LogP contribution is -1.86. The third-order valence-corrected chi connectivity index (χ3v) is 2.84. The lowest BCUT2D eigenvalue weighted by molar-refractivity contribution is 0.964. The number of thiazole rings is 1. The molecule has 0 unspecified atom stereocenters. The molecule has 1 heterocycles. The Bertz CT molecular complexity index is 489. The van der Waals surface area contributed by atoms with E-state index in [1.807, 2.05) is 32.0 Å². The first-order valence-electron chi connectivity index (χ1n) is 4.79. The first-order chi connectivity index (χ1) is 7.29. The number of benzene rings is 1. The van der Waals surface area contributed by atoms with Crippen molar-refractivity contribution in [1.29, 1.82) is 0 Å². The molecule has 1 N–H and O–H groups in total. The fraction of sp³-hybridized carbons (Fsp3) is 0.300. The van der Waals surface area contributed by atoms with Gasteiger partial charge in [-0.25, -0.2) is 4.98 Å². The van der Waals surface area contributed by atoms with E-state index in [0.29, 0.717) is 6.54 Å². The summed E-state index contributed by atoms with van der Waals surface area (Å²) in [6.07, 6.45) is 0. The molecule has 1 aromatic carbocycles. The molecule has 0 aliphatic carbocycles. The first kappa shape index (κ1) is 10.0. The highest BCUT2D eigenvalue weighted by Crippen LogP contribution is 2.24. The summed E-state index contributed by atoms with van der Waals surface area (Å²) in [7, 11) is 0. The van der Waals surface area contributed by atoms with Crippen LogP contribution in [-0.4, -0.2) is 11.5 Å². The zero-order chi connectivity index (χ0) is 10.7. The molecule has 0 amide bonds. The highest BCUT2D eigenvalue weighted by Gasteiger charge is 2.00. The Hall–Kier alpha value is -1.49. The van der Waals surface area contributed by atoms with Crippen LogP contribution in [0.2, 0.25) is 0 Å². The van der Waals surface area contributed by atoms with Crippen molar-refractivity contribution >= 4 is 27.2 Å². The number of rotatable bonds is 3. The predicted molar refractivity (Wildman–Crippen MR) is 63.4 cm³/mol. The molecule has 5 heteroatoms. The van der Waals surface area contributed by atoms with Crippen molar-refractivity contribution in [3.05, 3.63) is 23.2 Å². The summed E-state index contributed by atoms with van der Waals surface area (Å²) in [5.74, 6) is 0. The van der Waals surface area contributed by atoms with Crippen LogP contribution in [0, 0.1) is 6.92 Å². The summed E-state index contributed by atoms with van der Waals surface area (Å²) in [4.78, 5) is 4.41. The van der Waals surface area contributed by atoms with Crippen molar-refractivity contribution in [2.24, 2.45) is 10.3 Å². The number of anilines is 1. The Balaban J connectivity index is 2.26. The fourth-order valence-electron chi connectivity index (χ4n) is 1.28. The van der Waals surface area contributed by atoms with Crippen molar-refractivity contribution in [3.8, 4) is 0 Å². The van der Waals surface area contributed by atoms with Crippen LogP contribution >= 0.6 is 11.3 Å². The van der Waals surface area contributed by atoms with Gasteiger partial charge in [-0.2, -0.15) is 5.11 Å². The third kappa shape index (κ3) is 2.30. The molecule has 1 aromatic heterocycles. The van der Waals surface area contributed by atoms with E-state index >= 15 is 0 Å². The Morgan fingerprint density at radius 2 is 2.33 bits per heavy atom. The van der Waals surface area contributed by atoms with E-state index < -0.39 is 0 Å². The molecule has 0 aliphatic heterocycles. The molecule has 0 spiro atoms. The van der Waals surface area contributed by atoms with Crippen molar-refractivity contribution in [2.45, 2.75) is 13.8 Å². The van der Waals surface area contributed by atoms with Crippen LogP contribution in [0.3, 0.4) is 0 Å². The minimum atomic E-state index is 0.686. The number of nitrogens with zero attached hydrogens (tertiary/aromatic N) is 3. The van der Waals surface area contributed by atoms with E-state index in [-0.39, 0.29) is 0 Å². The normalized spacial score (nSPS) is 11.3. The van der Waals surface area contributed by atoms with Crippen LogP contribution in [0.1, 0.15) is 11.9 Å². The second kappa shape index (κ2) is 4.35. The summed E-state index contributed by atoms with van der Waals surface area (Å²) < 4.78 is 1.20. The monoisotopic (exact) mass is 220 g/mol. The van der Waals surface area contributed by atoms with E-state index in [1.165, 1.54) is 4.70 Å². The molecule has 0 radical (unpaired) electrons. The van der Waals surface area contributed by atoms with Crippen LogP contribution in [0.15, 0.2) is 28.5 Å². The zero-order valence-corrected chi connectivity index (χ0v) is 9.51. The van der Waals surface area contributed by atoms with Gasteiger partial charge in [0.2, 0.25) is 0 Å². The Morgan fingerprint density at radius 1 is 1.47 bits per heavy atom. The topological polar surface area (TPSA) is 49.6 Å². The SMILES string of the molecule is CCN=NNc1ccc2sc(C)nc2c1. The summed E-state index contributed by atoms with van der Waals surface area (Å²) in [6.45, 7) is 4.64. The van der Waals surface area contributed by atoms with Gasteiger partial charge in [0.1, 0.15) is 0 Å². The summed E-state index contributed by atoms with van der Waals surface area (Å²) in [5.41, 5.74) is 4.80. The average Bonchev–Trinajstić information content (AvgIpc) is 2.57. The van der Waals surface area contributed by atoms with Gasteiger partial charge in [0.25, 0.3) is 0 Å². The molecule has 0 fully saturated rings. The lowest BCUT2D eigenvalue weighted by atomic mass is 10.3. The number of hydrogen-bond acceptors (Lipinski definition) is 4. The number of hydrogen-bond donors (Lipinski definition) is 1. The molecule has 2 rings (SSSR count). The van der Waals surface area contributed by atoms with Crippen molar-refractivity contribution in [1.82, 2.24) is 4.98 Å². The van der Waals surface area contributed by atoms with E-state index in [9.17, 15) is 0 Å². The van der Waals surface area contributed by atoms with Crippen LogP contribution in [0.4, 0.5) is 5.69 Å². The van der Waals surface area contributed by atoms with Crippen LogP contribution in [-0.2, 0) is 0 Å². The molecule has 2 aromatic rings. The molecule has 0 aliphatic rings. The Labute approximate surface area is 92.0 Å². The number of aromatic nitrogens is 1. The molecule has 15 heavy (non-hydrogen) atoms. The highest BCUT2D eigenvalue weighted by atomic mass is 32.1. The summed E-state index contributed by atoms with van der Waals surface area (Å²) in [5, 5.41) is 8.75. The van der Waals surface area contributed by atoms with Crippen LogP contribution in [0.25, 0.3) is 10.2 Å². The molecule has 78 valence electrons. The van der Waals surface area contributed by atoms with Gasteiger partial charge in [0.15, 0.2) is 0 Å². The number of aryl methyl sites for hydroxylation is 1. The Morgan fingerprint density at radius 3 is 3.13 bits per heavy atom. The molecule has 0 saturated heterocycles. The van der Waals surface area contributed by atoms with Crippen molar-refractivity contribution in [3.63, 3.8) is 0 Å². The largest absolute Gasteiger partial charge is 0.260 e. The first-order valence-corrected chi connectivity index (χ1v) is 5.61. The lowest BCUT2D eigenvalue weighted by Gasteiger charge is -1.97. The summed E-state index contributed by atoms with van der Waals surface area (Å²) >= 11 is 1.70. The van der Waals surface area contributed by atoms with E-state index in [0.717, 1.165) is 16.2 Å². The smallest absolute Gasteiger partial charge is 0.0907 e. The van der Waals surface area contributed by atoms with Gasteiger partial charge in [0.05, 0.1) is 27.5 Å². The number of fused-ring (bicyclic) bond motifs is 1. The van der Waals surface area contributed by atoms with Gasteiger partial charge in [-0.1, -0.05) is 5.22 Å². The van der Waals surface area contributed by atoms with Crippen molar-refractivity contribution in [2.75, 3.05) is 12.0 Å². The maximum atomic E-state index is 4.41. The molecule has 0 bridgehead atoms. The quantitative estimate of drug-likeness (QED) is 0.636. The maximum absolute atomic E-state index is 4.41. The van der Waals surface area contributed by atoms with Gasteiger partial charge in [-0.15, -0.1) is 11.3 Å². The second-order valence-electron chi connectivity index (χ2n) is 3.08. The van der Waals surface area contributed by atoms with Crippen LogP contribution < -0.4 is 5.43 Å². The molecular weight excluding hydrogens is 208 g/mol. The van der Waals surface area contributed by atoms with Gasteiger partial charge in [-0.3, -0.25) is 5.43 Å². The second-order valence-corrected chi connectivity index (χ2v) is 4.32. The minimum Gasteiger partial charge on any atom is -0.260 e. The zero-order valence-electron chi connectivity index (χ0n) is 8.69. The van der Waals surface area contributed by atoms with Gasteiger partial charge < -0.3 is 0 Å². The Kier molecular flexibility index (Phi) is 2.91. The molecule has 4 nitrogen and oxygen atoms in total. The summed E-state index contributed by atoms with van der Waals surface area (Å²) in [6, 6.07) is 6.01. The molecule has 0 saturated carbocycles. The van der Waals surface area contributed by atoms with Gasteiger partial charge in [-0.05, 0) is 32.0 Å². The minimum absolute atomic E-state index is 0.686. The van der Waals surface area contributed by atoms with Gasteiger partial charge >= 0.3 is 0 Å². The highest BCUT2D eigenvalue weighted by molar-refractivity contribution is 7.18. The third-order valence-electron chi connectivity index (χ3n) is 1.89. The molecular formula is C10H12N4S. The van der Waals surface area contributed by atoms with Crippen molar-refractivity contribution < 1.29 is 0 Å². The maximum Gasteiger partial charge on any atom is 0.0907 e. The molecule has 0 atom stereocenters. The van der Waals surface area contributed by atoms with E-state index in [1.54, 1.807) is 11.3 Å².